The summed E-state index contributed by atoms with van der Waals surface area (Å²) in [6.07, 6.45) is 5.45. The van der Waals surface area contributed by atoms with Crippen LogP contribution in [0.3, 0.4) is 0 Å². The van der Waals surface area contributed by atoms with Crippen molar-refractivity contribution >= 4 is 11.5 Å². The van der Waals surface area contributed by atoms with E-state index in [1.807, 2.05) is 31.6 Å². The van der Waals surface area contributed by atoms with Gasteiger partial charge in [0, 0.05) is 31.5 Å². The fourth-order valence-corrected chi connectivity index (χ4v) is 1.33. The van der Waals surface area contributed by atoms with Gasteiger partial charge in [-0.15, -0.1) is 0 Å². The lowest BCUT2D eigenvalue weighted by molar-refractivity contribution is 0.767. The smallest absolute Gasteiger partial charge is 0.146 e. The second kappa shape index (κ2) is 4.00. The molecule has 0 saturated carbocycles. The van der Waals surface area contributed by atoms with Crippen molar-refractivity contribution in [1.29, 1.82) is 0 Å². The molecule has 0 unspecified atom stereocenters. The molecule has 5 nitrogen and oxygen atoms in total. The van der Waals surface area contributed by atoms with E-state index in [1.165, 1.54) is 0 Å². The number of anilines is 2. The molecule has 0 aliphatic heterocycles. The van der Waals surface area contributed by atoms with Crippen LogP contribution in [0.4, 0.5) is 11.5 Å². The second-order valence-corrected chi connectivity index (χ2v) is 3.31. The van der Waals surface area contributed by atoms with Crippen LogP contribution in [0.25, 0.3) is 0 Å². The first-order valence-electron chi connectivity index (χ1n) is 4.67. The van der Waals surface area contributed by atoms with Gasteiger partial charge >= 0.3 is 0 Å². The summed E-state index contributed by atoms with van der Waals surface area (Å²) in [6.45, 7) is 0.698. The summed E-state index contributed by atoms with van der Waals surface area (Å²) in [5, 5.41) is 7.28. The molecule has 2 aromatic rings. The number of nitrogens with two attached hydrogens (primary N) is 1. The van der Waals surface area contributed by atoms with Crippen molar-refractivity contribution in [2.45, 2.75) is 6.54 Å². The Balaban J connectivity index is 2.02. The summed E-state index contributed by atoms with van der Waals surface area (Å²) in [6, 6.07) is 3.75. The molecule has 0 atom stereocenters. The van der Waals surface area contributed by atoms with Crippen LogP contribution >= 0.6 is 0 Å². The highest BCUT2D eigenvalue weighted by atomic mass is 15.2. The SMILES string of the molecule is Cn1cc(CNc2cccnc2N)cn1. The van der Waals surface area contributed by atoms with E-state index in [0.717, 1.165) is 11.3 Å². The summed E-state index contributed by atoms with van der Waals surface area (Å²) >= 11 is 0. The van der Waals surface area contributed by atoms with Gasteiger partial charge in [-0.3, -0.25) is 4.68 Å². The average Bonchev–Trinajstić information content (AvgIpc) is 2.63. The van der Waals surface area contributed by atoms with Crippen LogP contribution in [0.2, 0.25) is 0 Å². The van der Waals surface area contributed by atoms with Crippen molar-refractivity contribution in [2.24, 2.45) is 7.05 Å². The molecule has 0 amide bonds. The van der Waals surface area contributed by atoms with Crippen LogP contribution in [-0.4, -0.2) is 14.8 Å². The molecule has 0 aromatic carbocycles. The monoisotopic (exact) mass is 203 g/mol. The lowest BCUT2D eigenvalue weighted by Crippen LogP contribution is -2.02. The van der Waals surface area contributed by atoms with Crippen LogP contribution < -0.4 is 11.1 Å². The van der Waals surface area contributed by atoms with E-state index in [1.54, 1.807) is 10.9 Å². The molecule has 2 heterocycles. The second-order valence-electron chi connectivity index (χ2n) is 3.31. The van der Waals surface area contributed by atoms with Crippen molar-refractivity contribution in [1.82, 2.24) is 14.8 Å². The normalized spacial score (nSPS) is 10.2. The quantitative estimate of drug-likeness (QED) is 0.781. The maximum atomic E-state index is 5.70. The zero-order valence-corrected chi connectivity index (χ0v) is 8.51. The van der Waals surface area contributed by atoms with Crippen LogP contribution in [0.15, 0.2) is 30.7 Å². The predicted molar refractivity (Wildman–Crippen MR) is 59.2 cm³/mol. The number of nitrogen functional groups attached to an aromatic ring is 1. The van der Waals surface area contributed by atoms with E-state index in [9.17, 15) is 0 Å². The molecule has 2 aromatic heterocycles. The largest absolute Gasteiger partial charge is 0.382 e. The van der Waals surface area contributed by atoms with Gasteiger partial charge in [-0.05, 0) is 12.1 Å². The molecule has 3 N–H and O–H groups in total. The van der Waals surface area contributed by atoms with E-state index in [2.05, 4.69) is 15.4 Å². The molecule has 15 heavy (non-hydrogen) atoms. The Morgan fingerprint density at radius 3 is 3.07 bits per heavy atom. The van der Waals surface area contributed by atoms with Crippen molar-refractivity contribution in [2.75, 3.05) is 11.1 Å². The Hall–Kier alpha value is -2.04. The summed E-state index contributed by atoms with van der Waals surface area (Å²) in [5.74, 6) is 0.515. The van der Waals surface area contributed by atoms with Gasteiger partial charge in [-0.25, -0.2) is 4.98 Å². The van der Waals surface area contributed by atoms with Crippen molar-refractivity contribution in [3.8, 4) is 0 Å². The zero-order valence-electron chi connectivity index (χ0n) is 8.51. The van der Waals surface area contributed by atoms with Crippen molar-refractivity contribution in [3.05, 3.63) is 36.3 Å². The van der Waals surface area contributed by atoms with Gasteiger partial charge in [-0.1, -0.05) is 0 Å². The third-order valence-corrected chi connectivity index (χ3v) is 2.08. The fraction of sp³-hybridized carbons (Fsp3) is 0.200. The molecule has 0 fully saturated rings. The first kappa shape index (κ1) is 9.51. The highest BCUT2D eigenvalue weighted by Gasteiger charge is 1.99. The maximum Gasteiger partial charge on any atom is 0.146 e. The minimum Gasteiger partial charge on any atom is -0.382 e. The lowest BCUT2D eigenvalue weighted by atomic mass is 10.3. The van der Waals surface area contributed by atoms with Gasteiger partial charge in [0.2, 0.25) is 0 Å². The van der Waals surface area contributed by atoms with Crippen LogP contribution in [-0.2, 0) is 13.6 Å². The van der Waals surface area contributed by atoms with E-state index < -0.39 is 0 Å². The molecule has 5 heteroatoms. The zero-order chi connectivity index (χ0) is 10.7. The number of aryl methyl sites for hydroxylation is 1. The molecular weight excluding hydrogens is 190 g/mol. The molecule has 0 aliphatic rings. The molecule has 0 saturated heterocycles. The number of pyridine rings is 1. The lowest BCUT2D eigenvalue weighted by Gasteiger charge is -2.06. The molecule has 0 bridgehead atoms. The highest BCUT2D eigenvalue weighted by Crippen LogP contribution is 2.14. The summed E-state index contributed by atoms with van der Waals surface area (Å²) in [4.78, 5) is 3.99. The molecule has 0 spiro atoms. The van der Waals surface area contributed by atoms with Crippen LogP contribution in [0.5, 0.6) is 0 Å². The summed E-state index contributed by atoms with van der Waals surface area (Å²) < 4.78 is 1.77. The number of aromatic nitrogens is 3. The molecule has 0 radical (unpaired) electrons. The summed E-state index contributed by atoms with van der Waals surface area (Å²) in [5.41, 5.74) is 7.66. The van der Waals surface area contributed by atoms with E-state index >= 15 is 0 Å². The van der Waals surface area contributed by atoms with Crippen LogP contribution in [0, 0.1) is 0 Å². The Bertz CT molecular complexity index is 449. The first-order chi connectivity index (χ1) is 7.25. The van der Waals surface area contributed by atoms with Gasteiger partial charge in [-0.2, -0.15) is 5.10 Å². The van der Waals surface area contributed by atoms with Crippen LogP contribution in [0.1, 0.15) is 5.56 Å². The Morgan fingerprint density at radius 2 is 2.40 bits per heavy atom. The van der Waals surface area contributed by atoms with Gasteiger partial charge in [0.15, 0.2) is 0 Å². The molecule has 2 rings (SSSR count). The number of hydrogen-bond acceptors (Lipinski definition) is 4. The first-order valence-corrected chi connectivity index (χ1v) is 4.67. The number of rotatable bonds is 3. The third kappa shape index (κ3) is 2.25. The van der Waals surface area contributed by atoms with Crippen molar-refractivity contribution < 1.29 is 0 Å². The molecular formula is C10H13N5. The Labute approximate surface area is 87.9 Å². The number of hydrogen-bond donors (Lipinski definition) is 2. The van der Waals surface area contributed by atoms with E-state index in [-0.39, 0.29) is 0 Å². The summed E-state index contributed by atoms with van der Waals surface area (Å²) in [7, 11) is 1.89. The van der Waals surface area contributed by atoms with Gasteiger partial charge in [0.1, 0.15) is 5.82 Å². The van der Waals surface area contributed by atoms with Crippen molar-refractivity contribution in [3.63, 3.8) is 0 Å². The Kier molecular flexibility index (Phi) is 2.53. The van der Waals surface area contributed by atoms with E-state index in [0.29, 0.717) is 12.4 Å². The number of nitrogens with one attached hydrogen (secondary N) is 1. The maximum absolute atomic E-state index is 5.70. The topological polar surface area (TPSA) is 68.8 Å². The third-order valence-electron chi connectivity index (χ3n) is 2.08. The highest BCUT2D eigenvalue weighted by molar-refractivity contribution is 5.60. The molecule has 78 valence electrons. The predicted octanol–water partition coefficient (Wildman–Crippen LogP) is 1.01. The van der Waals surface area contributed by atoms with Gasteiger partial charge in [0.25, 0.3) is 0 Å². The Morgan fingerprint density at radius 1 is 1.53 bits per heavy atom. The fourth-order valence-electron chi connectivity index (χ4n) is 1.33. The van der Waals surface area contributed by atoms with Gasteiger partial charge in [0.05, 0.1) is 11.9 Å². The van der Waals surface area contributed by atoms with E-state index in [4.69, 9.17) is 5.73 Å². The molecule has 0 aliphatic carbocycles. The minimum absolute atomic E-state index is 0.515. The minimum atomic E-state index is 0.515. The van der Waals surface area contributed by atoms with Gasteiger partial charge < -0.3 is 11.1 Å². The number of nitrogens with zero attached hydrogens (tertiary/aromatic N) is 3. The average molecular weight is 203 g/mol. The standard InChI is InChI=1S/C10H13N5/c1-15-7-8(6-14-15)5-13-9-3-2-4-12-10(9)11/h2-4,6-7,13H,5H2,1H3,(H2,11,12).